The fourth-order valence-corrected chi connectivity index (χ4v) is 1.38. The van der Waals surface area contributed by atoms with E-state index < -0.39 is 11.8 Å². The minimum Gasteiger partial charge on any atom is -0.464 e. The summed E-state index contributed by atoms with van der Waals surface area (Å²) >= 11 is 0. The molecule has 74 valence electrons. The van der Waals surface area contributed by atoms with Crippen molar-refractivity contribution in [3.8, 4) is 0 Å². The highest BCUT2D eigenvalue weighted by Crippen LogP contribution is 2.16. The van der Waals surface area contributed by atoms with E-state index >= 15 is 0 Å². The molecule has 0 aromatic rings. The number of hydrogen-bond acceptors (Lipinski definition) is 3. The predicted molar refractivity (Wildman–Crippen MR) is 46.8 cm³/mol. The van der Waals surface area contributed by atoms with Crippen molar-refractivity contribution < 1.29 is 13.9 Å². The number of methoxy groups -OCH3 is 1. The topological polar surface area (TPSA) is 38.3 Å². The van der Waals surface area contributed by atoms with Gasteiger partial charge in [0.1, 0.15) is 0 Å². The van der Waals surface area contributed by atoms with Crippen molar-refractivity contribution in [1.82, 2.24) is 5.32 Å². The molecule has 0 radical (unpaired) electrons. The van der Waals surface area contributed by atoms with Crippen LogP contribution in [0.5, 0.6) is 0 Å². The van der Waals surface area contributed by atoms with Gasteiger partial charge in [-0.1, -0.05) is 0 Å². The van der Waals surface area contributed by atoms with Gasteiger partial charge in [0.2, 0.25) is 5.83 Å². The van der Waals surface area contributed by atoms with Crippen LogP contribution in [0.1, 0.15) is 12.8 Å². The number of carbonyl (C=O) groups is 1. The summed E-state index contributed by atoms with van der Waals surface area (Å²) in [7, 11) is 1.18. The summed E-state index contributed by atoms with van der Waals surface area (Å²) in [6, 6.07) is 0. The lowest BCUT2D eigenvalue weighted by Gasteiger charge is -2.19. The van der Waals surface area contributed by atoms with E-state index in [1.165, 1.54) is 13.2 Å². The van der Waals surface area contributed by atoms with Crippen molar-refractivity contribution in [3.05, 3.63) is 11.9 Å². The van der Waals surface area contributed by atoms with Crippen LogP contribution in [-0.4, -0.2) is 26.2 Å². The van der Waals surface area contributed by atoms with Gasteiger partial charge >= 0.3 is 5.97 Å². The van der Waals surface area contributed by atoms with Crippen molar-refractivity contribution in [2.24, 2.45) is 5.92 Å². The van der Waals surface area contributed by atoms with Gasteiger partial charge in [-0.05, 0) is 37.9 Å². The Morgan fingerprint density at radius 2 is 2.15 bits per heavy atom. The van der Waals surface area contributed by atoms with Crippen LogP contribution in [0.3, 0.4) is 0 Å². The van der Waals surface area contributed by atoms with Gasteiger partial charge < -0.3 is 10.1 Å². The second-order valence-electron chi connectivity index (χ2n) is 3.09. The molecule has 0 bridgehead atoms. The molecule has 1 aliphatic heterocycles. The average molecular weight is 187 g/mol. The number of hydrogen-bond donors (Lipinski definition) is 1. The van der Waals surface area contributed by atoms with E-state index in [1.807, 2.05) is 0 Å². The number of halogens is 1. The number of nitrogens with one attached hydrogen (secondary N) is 1. The summed E-state index contributed by atoms with van der Waals surface area (Å²) in [6.45, 7) is 1.77. The van der Waals surface area contributed by atoms with E-state index in [1.54, 1.807) is 0 Å². The Morgan fingerprint density at radius 1 is 1.54 bits per heavy atom. The molecule has 1 heterocycles. The SMILES string of the molecule is COC(=O)/C(F)=C/C1CCNCC1. The lowest BCUT2D eigenvalue weighted by Crippen LogP contribution is -2.27. The summed E-state index contributed by atoms with van der Waals surface area (Å²) in [5.41, 5.74) is 0. The highest BCUT2D eigenvalue weighted by atomic mass is 19.1. The molecule has 0 spiro atoms. The third-order valence-corrected chi connectivity index (χ3v) is 2.15. The van der Waals surface area contributed by atoms with E-state index in [4.69, 9.17) is 0 Å². The number of rotatable bonds is 2. The zero-order valence-corrected chi connectivity index (χ0v) is 7.68. The molecular formula is C9H14FNO2. The average Bonchev–Trinajstić information content (AvgIpc) is 2.18. The fourth-order valence-electron chi connectivity index (χ4n) is 1.38. The molecule has 4 heteroatoms. The largest absolute Gasteiger partial charge is 0.464 e. The summed E-state index contributed by atoms with van der Waals surface area (Å²) in [5.74, 6) is -1.48. The van der Waals surface area contributed by atoms with Crippen molar-refractivity contribution in [2.75, 3.05) is 20.2 Å². The standard InChI is InChI=1S/C9H14FNO2/c1-13-9(12)8(10)6-7-2-4-11-5-3-7/h6-7,11H,2-5H2,1H3/b8-6-. The minimum atomic E-state index is -0.876. The molecule has 0 amide bonds. The van der Waals surface area contributed by atoms with Crippen LogP contribution in [0.4, 0.5) is 4.39 Å². The smallest absolute Gasteiger partial charge is 0.366 e. The van der Waals surface area contributed by atoms with Gasteiger partial charge in [-0.25, -0.2) is 4.79 Å². The Morgan fingerprint density at radius 3 is 2.69 bits per heavy atom. The van der Waals surface area contributed by atoms with Crippen molar-refractivity contribution in [3.63, 3.8) is 0 Å². The van der Waals surface area contributed by atoms with E-state index in [2.05, 4.69) is 10.1 Å². The highest BCUT2D eigenvalue weighted by Gasteiger charge is 2.15. The molecule has 0 aromatic carbocycles. The lowest BCUT2D eigenvalue weighted by molar-refractivity contribution is -0.137. The predicted octanol–water partition coefficient (Wildman–Crippen LogP) is 1.01. The van der Waals surface area contributed by atoms with Gasteiger partial charge in [-0.15, -0.1) is 0 Å². The van der Waals surface area contributed by atoms with Gasteiger partial charge in [0.15, 0.2) is 0 Å². The first kappa shape index (κ1) is 10.2. The lowest BCUT2D eigenvalue weighted by atomic mass is 9.97. The van der Waals surface area contributed by atoms with Crippen LogP contribution in [0.15, 0.2) is 11.9 Å². The van der Waals surface area contributed by atoms with Gasteiger partial charge in [-0.2, -0.15) is 4.39 Å². The molecule has 1 N–H and O–H groups in total. The fraction of sp³-hybridized carbons (Fsp3) is 0.667. The van der Waals surface area contributed by atoms with Crippen LogP contribution in [0.25, 0.3) is 0 Å². The normalized spacial score (nSPS) is 20.0. The number of ether oxygens (including phenoxy) is 1. The van der Waals surface area contributed by atoms with E-state index in [-0.39, 0.29) is 5.92 Å². The van der Waals surface area contributed by atoms with Gasteiger partial charge in [0.05, 0.1) is 7.11 Å². The van der Waals surface area contributed by atoms with E-state index in [0.717, 1.165) is 25.9 Å². The molecule has 0 unspecified atom stereocenters. The maximum Gasteiger partial charge on any atom is 0.366 e. The first-order chi connectivity index (χ1) is 6.24. The van der Waals surface area contributed by atoms with Gasteiger partial charge in [0, 0.05) is 0 Å². The maximum absolute atomic E-state index is 12.9. The molecule has 13 heavy (non-hydrogen) atoms. The quantitative estimate of drug-likeness (QED) is 0.518. The first-order valence-corrected chi connectivity index (χ1v) is 4.40. The summed E-state index contributed by atoms with van der Waals surface area (Å²) < 4.78 is 17.2. The molecule has 1 fully saturated rings. The Balaban J connectivity index is 2.47. The zero-order valence-electron chi connectivity index (χ0n) is 7.68. The minimum absolute atomic E-state index is 0.167. The first-order valence-electron chi connectivity index (χ1n) is 4.40. The zero-order chi connectivity index (χ0) is 9.68. The maximum atomic E-state index is 12.9. The second-order valence-corrected chi connectivity index (χ2v) is 3.09. The Kier molecular flexibility index (Phi) is 3.89. The third kappa shape index (κ3) is 3.14. The van der Waals surface area contributed by atoms with Crippen LogP contribution >= 0.6 is 0 Å². The molecule has 0 saturated carbocycles. The summed E-state index contributed by atoms with van der Waals surface area (Å²) in [6.07, 6.45) is 3.13. The van der Waals surface area contributed by atoms with Crippen LogP contribution in [0.2, 0.25) is 0 Å². The number of carbonyl (C=O) groups excluding carboxylic acids is 1. The second kappa shape index (κ2) is 4.97. The molecule has 1 rings (SSSR count). The van der Waals surface area contributed by atoms with Crippen LogP contribution in [0, 0.1) is 5.92 Å². The number of allylic oxidation sites excluding steroid dienone is 1. The van der Waals surface area contributed by atoms with Gasteiger partial charge in [0.25, 0.3) is 0 Å². The molecule has 3 nitrogen and oxygen atoms in total. The van der Waals surface area contributed by atoms with E-state index in [0.29, 0.717) is 0 Å². The highest BCUT2D eigenvalue weighted by molar-refractivity contribution is 5.85. The summed E-state index contributed by atoms with van der Waals surface area (Å²) in [5, 5.41) is 3.16. The summed E-state index contributed by atoms with van der Waals surface area (Å²) in [4.78, 5) is 10.7. The molecule has 1 aliphatic rings. The molecular weight excluding hydrogens is 173 g/mol. The third-order valence-electron chi connectivity index (χ3n) is 2.15. The van der Waals surface area contributed by atoms with Crippen LogP contribution in [-0.2, 0) is 9.53 Å². The molecule has 0 atom stereocenters. The molecule has 0 aromatic heterocycles. The van der Waals surface area contributed by atoms with Crippen molar-refractivity contribution in [2.45, 2.75) is 12.8 Å². The molecule has 0 aliphatic carbocycles. The van der Waals surface area contributed by atoms with Crippen LogP contribution < -0.4 is 5.32 Å². The van der Waals surface area contributed by atoms with E-state index in [9.17, 15) is 9.18 Å². The Bertz CT molecular complexity index is 210. The Hall–Kier alpha value is -0.900. The monoisotopic (exact) mass is 187 g/mol. The van der Waals surface area contributed by atoms with Gasteiger partial charge in [-0.3, -0.25) is 0 Å². The van der Waals surface area contributed by atoms with Crippen molar-refractivity contribution in [1.29, 1.82) is 0 Å². The number of piperidine rings is 1. The molecule has 1 saturated heterocycles. The Labute approximate surface area is 77.0 Å². The number of esters is 1. The van der Waals surface area contributed by atoms with Crippen molar-refractivity contribution >= 4 is 5.97 Å².